The Bertz CT molecular complexity index is 812. The monoisotopic (exact) mass is 358 g/mol. The van der Waals surface area contributed by atoms with Crippen LogP contribution in [0.1, 0.15) is 44.8 Å². The van der Waals surface area contributed by atoms with Crippen LogP contribution < -0.4 is 5.32 Å². The molecule has 2 N–H and O–H groups in total. The highest BCUT2D eigenvalue weighted by molar-refractivity contribution is 5.82. The molecule has 26 heavy (non-hydrogen) atoms. The molecule has 3 heterocycles. The molecule has 1 saturated carbocycles. The van der Waals surface area contributed by atoms with Crippen molar-refractivity contribution >= 4 is 17.0 Å². The average Bonchev–Trinajstić information content (AvgIpc) is 3.27. The average molecular weight is 358 g/mol. The Labute approximate surface area is 150 Å². The first-order valence-corrected chi connectivity index (χ1v) is 9.04. The fourth-order valence-corrected chi connectivity index (χ4v) is 3.85. The van der Waals surface area contributed by atoms with Gasteiger partial charge in [-0.15, -0.1) is 0 Å². The van der Waals surface area contributed by atoms with Crippen LogP contribution in [0.2, 0.25) is 0 Å². The topological polar surface area (TPSA) is 134 Å². The zero-order valence-electron chi connectivity index (χ0n) is 14.4. The number of ether oxygens (including phenoxy) is 1. The Morgan fingerprint density at radius 2 is 2.15 bits per heavy atom. The van der Waals surface area contributed by atoms with Crippen molar-refractivity contribution in [3.8, 4) is 0 Å². The molecular weight excluding hydrogens is 336 g/mol. The van der Waals surface area contributed by atoms with E-state index in [2.05, 4.69) is 30.3 Å². The SMILES string of the molecule is [N-]=[N+]=N[C@H]1C[C@@H](CO)O[C@H]1n1cnc2c(NC3CCCCC3)ncnc21. The van der Waals surface area contributed by atoms with Crippen molar-refractivity contribution < 1.29 is 9.84 Å². The number of anilines is 1. The molecule has 2 aromatic heterocycles. The van der Waals surface area contributed by atoms with E-state index in [0.29, 0.717) is 23.6 Å². The Hall–Kier alpha value is -2.42. The highest BCUT2D eigenvalue weighted by Gasteiger charge is 2.36. The van der Waals surface area contributed by atoms with Crippen LogP contribution in [0.5, 0.6) is 0 Å². The zero-order valence-corrected chi connectivity index (χ0v) is 14.4. The Balaban J connectivity index is 1.64. The van der Waals surface area contributed by atoms with Gasteiger partial charge in [0.15, 0.2) is 17.0 Å². The number of nitrogens with one attached hydrogen (secondary N) is 1. The highest BCUT2D eigenvalue weighted by Crippen LogP contribution is 2.34. The molecule has 1 saturated heterocycles. The summed E-state index contributed by atoms with van der Waals surface area (Å²) in [6.07, 6.45) is 8.72. The lowest BCUT2D eigenvalue weighted by Crippen LogP contribution is -2.23. The van der Waals surface area contributed by atoms with Gasteiger partial charge in [0, 0.05) is 11.0 Å². The molecule has 4 rings (SSSR count). The third-order valence-electron chi connectivity index (χ3n) is 5.15. The van der Waals surface area contributed by atoms with Crippen molar-refractivity contribution in [1.29, 1.82) is 0 Å². The molecular formula is C16H22N8O2. The molecule has 10 nitrogen and oxygen atoms in total. The number of nitrogens with zero attached hydrogens (tertiary/aromatic N) is 7. The smallest absolute Gasteiger partial charge is 0.167 e. The second kappa shape index (κ2) is 7.45. The van der Waals surface area contributed by atoms with Crippen molar-refractivity contribution in [2.45, 2.75) is 62.9 Å². The van der Waals surface area contributed by atoms with Crippen LogP contribution in [-0.4, -0.2) is 49.4 Å². The lowest BCUT2D eigenvalue weighted by molar-refractivity contribution is -0.0238. The van der Waals surface area contributed by atoms with E-state index < -0.39 is 12.3 Å². The molecule has 0 aromatic carbocycles. The minimum atomic E-state index is -0.537. The number of fused-ring (bicyclic) bond motifs is 1. The Morgan fingerprint density at radius 3 is 2.92 bits per heavy atom. The number of hydrogen-bond acceptors (Lipinski definition) is 7. The maximum absolute atomic E-state index is 9.39. The van der Waals surface area contributed by atoms with Gasteiger partial charge in [0.05, 0.1) is 25.1 Å². The molecule has 2 aromatic rings. The van der Waals surface area contributed by atoms with Crippen LogP contribution in [0.15, 0.2) is 17.8 Å². The molecule has 0 unspecified atom stereocenters. The minimum absolute atomic E-state index is 0.121. The number of rotatable bonds is 5. The van der Waals surface area contributed by atoms with E-state index in [9.17, 15) is 5.11 Å². The minimum Gasteiger partial charge on any atom is -0.394 e. The van der Waals surface area contributed by atoms with Crippen LogP contribution in [0.4, 0.5) is 5.82 Å². The van der Waals surface area contributed by atoms with Gasteiger partial charge in [0.1, 0.15) is 12.6 Å². The summed E-state index contributed by atoms with van der Waals surface area (Å²) in [5, 5.41) is 16.7. The Kier molecular flexibility index (Phi) is 4.87. The first kappa shape index (κ1) is 17.0. The maximum Gasteiger partial charge on any atom is 0.167 e. The van der Waals surface area contributed by atoms with Gasteiger partial charge in [-0.25, -0.2) is 15.0 Å². The number of aromatic nitrogens is 4. The predicted molar refractivity (Wildman–Crippen MR) is 94.4 cm³/mol. The molecule has 3 atom stereocenters. The summed E-state index contributed by atoms with van der Waals surface area (Å²) >= 11 is 0. The largest absolute Gasteiger partial charge is 0.394 e. The summed E-state index contributed by atoms with van der Waals surface area (Å²) in [7, 11) is 0. The number of aliphatic hydroxyl groups excluding tert-OH is 1. The van der Waals surface area contributed by atoms with Crippen molar-refractivity contribution in [2.24, 2.45) is 5.11 Å². The summed E-state index contributed by atoms with van der Waals surface area (Å²) in [6, 6.07) is -0.0105. The number of imidazole rings is 1. The summed E-state index contributed by atoms with van der Waals surface area (Å²) in [5.41, 5.74) is 10.1. The number of aliphatic hydroxyl groups is 1. The third-order valence-corrected chi connectivity index (χ3v) is 5.15. The van der Waals surface area contributed by atoms with Gasteiger partial charge in [-0.05, 0) is 24.8 Å². The number of azide groups is 1. The van der Waals surface area contributed by atoms with Crippen LogP contribution in [-0.2, 0) is 4.74 Å². The van der Waals surface area contributed by atoms with Gasteiger partial charge in [0.2, 0.25) is 0 Å². The van der Waals surface area contributed by atoms with Crippen LogP contribution in [0, 0.1) is 0 Å². The molecule has 2 fully saturated rings. The van der Waals surface area contributed by atoms with E-state index in [4.69, 9.17) is 10.3 Å². The molecule has 0 radical (unpaired) electrons. The van der Waals surface area contributed by atoms with E-state index in [0.717, 1.165) is 18.7 Å². The second-order valence-electron chi connectivity index (χ2n) is 6.86. The first-order chi connectivity index (χ1) is 12.8. The molecule has 138 valence electrons. The summed E-state index contributed by atoms with van der Waals surface area (Å²) in [4.78, 5) is 16.1. The van der Waals surface area contributed by atoms with E-state index in [1.54, 1.807) is 10.9 Å². The normalized spacial score (nSPS) is 26.7. The molecule has 0 bridgehead atoms. The fourth-order valence-electron chi connectivity index (χ4n) is 3.85. The highest BCUT2D eigenvalue weighted by atomic mass is 16.5. The summed E-state index contributed by atoms with van der Waals surface area (Å²) in [5.74, 6) is 0.720. The molecule has 10 heteroatoms. The maximum atomic E-state index is 9.39. The van der Waals surface area contributed by atoms with Crippen LogP contribution in [0.3, 0.4) is 0 Å². The van der Waals surface area contributed by atoms with Crippen molar-refractivity contribution in [2.75, 3.05) is 11.9 Å². The second-order valence-corrected chi connectivity index (χ2v) is 6.86. The van der Waals surface area contributed by atoms with Gasteiger partial charge in [-0.3, -0.25) is 4.57 Å². The molecule has 1 aliphatic carbocycles. The van der Waals surface area contributed by atoms with Crippen molar-refractivity contribution in [3.63, 3.8) is 0 Å². The van der Waals surface area contributed by atoms with Crippen LogP contribution in [0.25, 0.3) is 21.6 Å². The third kappa shape index (κ3) is 3.18. The van der Waals surface area contributed by atoms with E-state index in [-0.39, 0.29) is 12.7 Å². The number of hydrogen-bond donors (Lipinski definition) is 2. The van der Waals surface area contributed by atoms with Crippen molar-refractivity contribution in [3.05, 3.63) is 23.1 Å². The summed E-state index contributed by atoms with van der Waals surface area (Å²) < 4.78 is 7.61. The summed E-state index contributed by atoms with van der Waals surface area (Å²) in [6.45, 7) is -0.121. The molecule has 0 amide bonds. The molecule has 0 spiro atoms. The van der Waals surface area contributed by atoms with Crippen LogP contribution >= 0.6 is 0 Å². The zero-order chi connectivity index (χ0) is 17.9. The predicted octanol–water partition coefficient (Wildman–Crippen LogP) is 2.53. The van der Waals surface area contributed by atoms with E-state index in [1.165, 1.54) is 25.6 Å². The fraction of sp³-hybridized carbons (Fsp3) is 0.688. The van der Waals surface area contributed by atoms with E-state index >= 15 is 0 Å². The van der Waals surface area contributed by atoms with Gasteiger partial charge in [0.25, 0.3) is 0 Å². The van der Waals surface area contributed by atoms with Crippen molar-refractivity contribution in [1.82, 2.24) is 19.5 Å². The molecule has 2 aliphatic rings. The lowest BCUT2D eigenvalue weighted by atomic mass is 9.95. The lowest BCUT2D eigenvalue weighted by Gasteiger charge is -2.23. The Morgan fingerprint density at radius 1 is 1.31 bits per heavy atom. The van der Waals surface area contributed by atoms with Gasteiger partial charge < -0.3 is 15.2 Å². The first-order valence-electron chi connectivity index (χ1n) is 9.04. The molecule has 1 aliphatic heterocycles. The van der Waals surface area contributed by atoms with Gasteiger partial charge in [-0.1, -0.05) is 24.4 Å². The standard InChI is InChI=1S/C16H22N8O2/c17-23-22-12-6-11(7-25)26-16(12)24-9-20-13-14(18-8-19-15(13)24)21-10-4-2-1-3-5-10/h8-12,16,25H,1-7H2,(H,18,19,21)/t11-,12-,16+/m0/s1. The van der Waals surface area contributed by atoms with E-state index in [1.807, 2.05) is 0 Å². The quantitative estimate of drug-likeness (QED) is 0.479. The van der Waals surface area contributed by atoms with Gasteiger partial charge in [-0.2, -0.15) is 0 Å². The van der Waals surface area contributed by atoms with Gasteiger partial charge >= 0.3 is 0 Å².